The van der Waals surface area contributed by atoms with Crippen molar-refractivity contribution < 1.29 is 9.21 Å². The Morgan fingerprint density at radius 2 is 1.70 bits per heavy atom. The first-order chi connectivity index (χ1) is 13.1. The zero-order valence-corrected chi connectivity index (χ0v) is 14.9. The number of benzene rings is 3. The van der Waals surface area contributed by atoms with Gasteiger partial charge in [-0.15, -0.1) is 0 Å². The van der Waals surface area contributed by atoms with Crippen molar-refractivity contribution >= 4 is 34.2 Å². The van der Waals surface area contributed by atoms with Crippen molar-refractivity contribution in [3.05, 3.63) is 99.9 Å². The standard InChI is InChI=1S/C22H14ClNO3/c23-17-8-4-9-18(13-17)24-21(25)16-7-3-6-14(11-16)19-12-15-5-1-2-10-20(15)27-22(19)26/h1-13H,(H,24,25). The largest absolute Gasteiger partial charge is 0.422 e. The zero-order chi connectivity index (χ0) is 18.8. The fraction of sp³-hybridized carbons (Fsp3) is 0. The lowest BCUT2D eigenvalue weighted by atomic mass is 10.0. The molecule has 3 aromatic carbocycles. The third kappa shape index (κ3) is 3.61. The molecule has 132 valence electrons. The van der Waals surface area contributed by atoms with Gasteiger partial charge in [0.25, 0.3) is 5.91 Å². The maximum atomic E-state index is 12.6. The first kappa shape index (κ1) is 17.1. The van der Waals surface area contributed by atoms with Gasteiger partial charge >= 0.3 is 5.63 Å². The van der Waals surface area contributed by atoms with E-state index in [2.05, 4.69) is 5.32 Å². The molecule has 1 heterocycles. The van der Waals surface area contributed by atoms with Gasteiger partial charge in [-0.2, -0.15) is 0 Å². The number of amides is 1. The van der Waals surface area contributed by atoms with Crippen molar-refractivity contribution in [3.63, 3.8) is 0 Å². The highest BCUT2D eigenvalue weighted by Crippen LogP contribution is 2.23. The minimum Gasteiger partial charge on any atom is -0.422 e. The molecule has 0 saturated heterocycles. The van der Waals surface area contributed by atoms with E-state index in [4.69, 9.17) is 16.0 Å². The third-order valence-electron chi connectivity index (χ3n) is 4.16. The van der Waals surface area contributed by atoms with Crippen LogP contribution in [-0.2, 0) is 0 Å². The quantitative estimate of drug-likeness (QED) is 0.490. The molecular formula is C22H14ClNO3. The molecule has 1 amide bonds. The molecule has 4 nitrogen and oxygen atoms in total. The Balaban J connectivity index is 1.69. The Labute approximate surface area is 160 Å². The van der Waals surface area contributed by atoms with Crippen LogP contribution < -0.4 is 10.9 Å². The highest BCUT2D eigenvalue weighted by Gasteiger charge is 2.11. The Morgan fingerprint density at radius 1 is 0.889 bits per heavy atom. The molecule has 0 fully saturated rings. The summed E-state index contributed by atoms with van der Waals surface area (Å²) in [6, 6.07) is 22.9. The predicted octanol–water partition coefficient (Wildman–Crippen LogP) is 5.37. The van der Waals surface area contributed by atoms with Gasteiger partial charge in [-0.05, 0) is 48.0 Å². The molecule has 0 radical (unpaired) electrons. The molecule has 4 rings (SSSR count). The molecule has 5 heteroatoms. The van der Waals surface area contributed by atoms with Crippen LogP contribution in [0.25, 0.3) is 22.1 Å². The van der Waals surface area contributed by atoms with E-state index in [1.807, 2.05) is 18.2 Å². The van der Waals surface area contributed by atoms with Gasteiger partial charge in [0.1, 0.15) is 5.58 Å². The zero-order valence-electron chi connectivity index (χ0n) is 14.1. The van der Waals surface area contributed by atoms with E-state index < -0.39 is 5.63 Å². The third-order valence-corrected chi connectivity index (χ3v) is 4.39. The summed E-state index contributed by atoms with van der Waals surface area (Å²) >= 11 is 5.95. The number of halogens is 1. The van der Waals surface area contributed by atoms with Crippen LogP contribution in [0, 0.1) is 0 Å². The minimum absolute atomic E-state index is 0.288. The maximum Gasteiger partial charge on any atom is 0.344 e. The lowest BCUT2D eigenvalue weighted by Gasteiger charge is -2.08. The summed E-state index contributed by atoms with van der Waals surface area (Å²) in [5, 5.41) is 4.15. The molecule has 0 aliphatic rings. The number of carbonyl (C=O) groups excluding carboxylic acids is 1. The summed E-state index contributed by atoms with van der Waals surface area (Å²) in [4.78, 5) is 24.9. The predicted molar refractivity (Wildman–Crippen MR) is 107 cm³/mol. The molecular weight excluding hydrogens is 362 g/mol. The number of carbonyl (C=O) groups is 1. The van der Waals surface area contributed by atoms with Crippen LogP contribution in [0.1, 0.15) is 10.4 Å². The smallest absolute Gasteiger partial charge is 0.344 e. The van der Waals surface area contributed by atoms with E-state index in [9.17, 15) is 9.59 Å². The van der Waals surface area contributed by atoms with E-state index in [0.717, 1.165) is 5.39 Å². The van der Waals surface area contributed by atoms with Crippen LogP contribution in [-0.4, -0.2) is 5.91 Å². The van der Waals surface area contributed by atoms with Crippen LogP contribution in [0.3, 0.4) is 0 Å². The summed E-state index contributed by atoms with van der Waals surface area (Å²) in [5.74, 6) is -0.288. The average Bonchev–Trinajstić information content (AvgIpc) is 2.67. The molecule has 0 atom stereocenters. The number of rotatable bonds is 3. The monoisotopic (exact) mass is 375 g/mol. The first-order valence-electron chi connectivity index (χ1n) is 8.30. The van der Waals surface area contributed by atoms with Crippen LogP contribution in [0.5, 0.6) is 0 Å². The molecule has 1 aromatic heterocycles. The van der Waals surface area contributed by atoms with E-state index in [-0.39, 0.29) is 5.91 Å². The number of hydrogen-bond donors (Lipinski definition) is 1. The molecule has 0 saturated carbocycles. The van der Waals surface area contributed by atoms with Crippen LogP contribution in [0.2, 0.25) is 5.02 Å². The second-order valence-electron chi connectivity index (χ2n) is 6.03. The Bertz CT molecular complexity index is 1210. The van der Waals surface area contributed by atoms with Crippen molar-refractivity contribution in [1.82, 2.24) is 0 Å². The molecule has 0 bridgehead atoms. The number of para-hydroxylation sites is 1. The Kier molecular flexibility index (Phi) is 4.48. The highest BCUT2D eigenvalue weighted by atomic mass is 35.5. The second kappa shape index (κ2) is 7.09. The van der Waals surface area contributed by atoms with E-state index in [1.54, 1.807) is 60.7 Å². The van der Waals surface area contributed by atoms with Gasteiger partial charge in [0, 0.05) is 21.7 Å². The summed E-state index contributed by atoms with van der Waals surface area (Å²) in [6.45, 7) is 0. The van der Waals surface area contributed by atoms with Gasteiger partial charge in [-0.1, -0.05) is 48.0 Å². The fourth-order valence-corrected chi connectivity index (χ4v) is 3.05. The molecule has 4 aromatic rings. The average molecular weight is 376 g/mol. The molecule has 27 heavy (non-hydrogen) atoms. The summed E-state index contributed by atoms with van der Waals surface area (Å²) in [6.07, 6.45) is 0. The van der Waals surface area contributed by atoms with Crippen LogP contribution in [0.15, 0.2) is 88.1 Å². The Morgan fingerprint density at radius 3 is 2.56 bits per heavy atom. The van der Waals surface area contributed by atoms with Crippen molar-refractivity contribution in [2.45, 2.75) is 0 Å². The number of fused-ring (bicyclic) bond motifs is 1. The molecule has 0 unspecified atom stereocenters. The number of hydrogen-bond acceptors (Lipinski definition) is 3. The van der Waals surface area contributed by atoms with Crippen molar-refractivity contribution in [2.24, 2.45) is 0 Å². The molecule has 0 aliphatic carbocycles. The van der Waals surface area contributed by atoms with Gasteiger partial charge in [-0.25, -0.2) is 4.79 Å². The van der Waals surface area contributed by atoms with Gasteiger partial charge in [0.2, 0.25) is 0 Å². The summed E-state index contributed by atoms with van der Waals surface area (Å²) in [7, 11) is 0. The molecule has 0 spiro atoms. The number of anilines is 1. The van der Waals surface area contributed by atoms with Gasteiger partial charge in [-0.3, -0.25) is 4.79 Å². The van der Waals surface area contributed by atoms with E-state index >= 15 is 0 Å². The van der Waals surface area contributed by atoms with Crippen LogP contribution in [0.4, 0.5) is 5.69 Å². The highest BCUT2D eigenvalue weighted by molar-refractivity contribution is 6.31. The minimum atomic E-state index is -0.443. The number of nitrogens with one attached hydrogen (secondary N) is 1. The van der Waals surface area contributed by atoms with Crippen molar-refractivity contribution in [2.75, 3.05) is 5.32 Å². The van der Waals surface area contributed by atoms with E-state index in [0.29, 0.717) is 33.0 Å². The summed E-state index contributed by atoms with van der Waals surface area (Å²) < 4.78 is 5.39. The summed E-state index contributed by atoms with van der Waals surface area (Å²) in [5.41, 5.74) is 2.14. The lowest BCUT2D eigenvalue weighted by Crippen LogP contribution is -2.12. The normalized spacial score (nSPS) is 10.7. The first-order valence-corrected chi connectivity index (χ1v) is 8.68. The second-order valence-corrected chi connectivity index (χ2v) is 6.47. The van der Waals surface area contributed by atoms with Gasteiger partial charge in [0.15, 0.2) is 0 Å². The van der Waals surface area contributed by atoms with E-state index in [1.165, 1.54) is 0 Å². The molecule has 1 N–H and O–H groups in total. The topological polar surface area (TPSA) is 59.3 Å². The fourth-order valence-electron chi connectivity index (χ4n) is 2.86. The Hall–Kier alpha value is -3.37. The van der Waals surface area contributed by atoms with Crippen molar-refractivity contribution in [3.8, 4) is 11.1 Å². The van der Waals surface area contributed by atoms with Gasteiger partial charge < -0.3 is 9.73 Å². The van der Waals surface area contributed by atoms with Crippen molar-refractivity contribution in [1.29, 1.82) is 0 Å². The SMILES string of the molecule is O=C(Nc1cccc(Cl)c1)c1cccc(-c2cc3ccccc3oc2=O)c1. The maximum absolute atomic E-state index is 12.6. The van der Waals surface area contributed by atoms with Gasteiger partial charge in [0.05, 0.1) is 5.56 Å². The molecule has 0 aliphatic heterocycles. The lowest BCUT2D eigenvalue weighted by molar-refractivity contribution is 0.102. The van der Waals surface area contributed by atoms with Crippen LogP contribution >= 0.6 is 11.6 Å².